The van der Waals surface area contributed by atoms with Gasteiger partial charge in [0.25, 0.3) is 5.91 Å². The van der Waals surface area contributed by atoms with Gasteiger partial charge in [0.2, 0.25) is 0 Å². The first-order valence-corrected chi connectivity index (χ1v) is 10.5. The first-order chi connectivity index (χ1) is 14.2. The van der Waals surface area contributed by atoms with E-state index < -0.39 is 0 Å². The van der Waals surface area contributed by atoms with E-state index in [1.54, 1.807) is 21.7 Å². The number of para-hydroxylation sites is 1. The van der Waals surface area contributed by atoms with E-state index in [1.165, 1.54) is 23.5 Å². The summed E-state index contributed by atoms with van der Waals surface area (Å²) in [4.78, 5) is 19.8. The summed E-state index contributed by atoms with van der Waals surface area (Å²) in [7, 11) is 0. The Bertz CT molecular complexity index is 1180. The van der Waals surface area contributed by atoms with Gasteiger partial charge in [-0.25, -0.2) is 14.1 Å². The SMILES string of the molecule is CCN(C(=O)c1nn(-c2ccc(F)cc2)c2c1CCC2)c1nc2ccccc2s1. The molecule has 0 saturated carbocycles. The number of anilines is 1. The number of rotatable bonds is 4. The topological polar surface area (TPSA) is 51.0 Å². The number of amides is 1. The van der Waals surface area contributed by atoms with Gasteiger partial charge >= 0.3 is 0 Å². The first-order valence-electron chi connectivity index (χ1n) is 9.70. The summed E-state index contributed by atoms with van der Waals surface area (Å²) in [6, 6.07) is 14.1. The van der Waals surface area contributed by atoms with Crippen molar-refractivity contribution in [2.45, 2.75) is 26.2 Å². The summed E-state index contributed by atoms with van der Waals surface area (Å²) in [5, 5.41) is 5.34. The van der Waals surface area contributed by atoms with E-state index in [4.69, 9.17) is 0 Å². The van der Waals surface area contributed by atoms with Crippen LogP contribution < -0.4 is 4.90 Å². The highest BCUT2D eigenvalue weighted by Crippen LogP contribution is 2.32. The highest BCUT2D eigenvalue weighted by Gasteiger charge is 2.30. The summed E-state index contributed by atoms with van der Waals surface area (Å²) >= 11 is 1.51. The van der Waals surface area contributed by atoms with Crippen LogP contribution in [0.15, 0.2) is 48.5 Å². The zero-order valence-electron chi connectivity index (χ0n) is 15.9. The molecule has 29 heavy (non-hydrogen) atoms. The number of thiazole rings is 1. The maximum absolute atomic E-state index is 13.5. The molecule has 7 heteroatoms. The van der Waals surface area contributed by atoms with Crippen molar-refractivity contribution in [2.75, 3.05) is 11.4 Å². The monoisotopic (exact) mass is 406 g/mol. The van der Waals surface area contributed by atoms with E-state index in [0.717, 1.165) is 46.4 Å². The molecule has 1 aliphatic rings. The van der Waals surface area contributed by atoms with E-state index >= 15 is 0 Å². The predicted octanol–water partition coefficient (Wildman–Crippen LogP) is 4.78. The molecule has 0 bridgehead atoms. The fourth-order valence-electron chi connectivity index (χ4n) is 3.87. The minimum Gasteiger partial charge on any atom is -0.283 e. The Morgan fingerprint density at radius 2 is 1.97 bits per heavy atom. The number of hydrogen-bond donors (Lipinski definition) is 0. The summed E-state index contributed by atoms with van der Waals surface area (Å²) < 4.78 is 16.2. The molecule has 146 valence electrons. The van der Waals surface area contributed by atoms with Crippen LogP contribution in [0.5, 0.6) is 0 Å². The molecule has 0 unspecified atom stereocenters. The van der Waals surface area contributed by atoms with Crippen molar-refractivity contribution in [3.05, 3.63) is 71.3 Å². The summed E-state index contributed by atoms with van der Waals surface area (Å²) in [5.74, 6) is -0.424. The summed E-state index contributed by atoms with van der Waals surface area (Å²) in [6.07, 6.45) is 2.68. The average molecular weight is 406 g/mol. The second-order valence-electron chi connectivity index (χ2n) is 7.03. The first kappa shape index (κ1) is 18.0. The Hall–Kier alpha value is -3.06. The van der Waals surface area contributed by atoms with Gasteiger partial charge in [0.1, 0.15) is 5.82 Å². The third-order valence-electron chi connectivity index (χ3n) is 5.28. The molecular formula is C22H19FN4OS. The van der Waals surface area contributed by atoms with Crippen molar-refractivity contribution in [3.63, 3.8) is 0 Å². The van der Waals surface area contributed by atoms with E-state index in [0.29, 0.717) is 17.4 Å². The van der Waals surface area contributed by atoms with Crippen LogP contribution in [-0.4, -0.2) is 27.2 Å². The third-order valence-corrected chi connectivity index (χ3v) is 6.34. The van der Waals surface area contributed by atoms with Crippen molar-refractivity contribution < 1.29 is 9.18 Å². The fourth-order valence-corrected chi connectivity index (χ4v) is 4.90. The molecule has 2 aromatic carbocycles. The van der Waals surface area contributed by atoms with Crippen molar-refractivity contribution in [2.24, 2.45) is 0 Å². The van der Waals surface area contributed by atoms with Crippen molar-refractivity contribution >= 4 is 32.6 Å². The van der Waals surface area contributed by atoms with E-state index in [1.807, 2.05) is 31.2 Å². The zero-order valence-corrected chi connectivity index (χ0v) is 16.7. The van der Waals surface area contributed by atoms with Crippen LogP contribution in [0.2, 0.25) is 0 Å². The Balaban J connectivity index is 1.56. The van der Waals surface area contributed by atoms with Crippen molar-refractivity contribution in [1.82, 2.24) is 14.8 Å². The minimum atomic E-state index is -0.290. The molecule has 0 saturated heterocycles. The molecule has 0 atom stereocenters. The molecule has 2 heterocycles. The molecule has 1 aliphatic carbocycles. The van der Waals surface area contributed by atoms with Crippen LogP contribution in [0.4, 0.5) is 9.52 Å². The second kappa shape index (κ2) is 7.08. The largest absolute Gasteiger partial charge is 0.283 e. The molecule has 5 nitrogen and oxygen atoms in total. The molecule has 2 aromatic heterocycles. The lowest BCUT2D eigenvalue weighted by atomic mass is 10.2. The number of carbonyl (C=O) groups is 1. The third kappa shape index (κ3) is 3.02. The molecule has 5 rings (SSSR count). The molecule has 0 spiro atoms. The van der Waals surface area contributed by atoms with Gasteiger partial charge in [-0.1, -0.05) is 23.5 Å². The van der Waals surface area contributed by atoms with Gasteiger partial charge in [-0.3, -0.25) is 9.69 Å². The van der Waals surface area contributed by atoms with E-state index in [9.17, 15) is 9.18 Å². The van der Waals surface area contributed by atoms with Crippen LogP contribution in [0.3, 0.4) is 0 Å². The number of halogens is 1. The Kier molecular flexibility index (Phi) is 4.39. The highest BCUT2D eigenvalue weighted by atomic mass is 32.1. The van der Waals surface area contributed by atoms with E-state index in [-0.39, 0.29) is 11.7 Å². The van der Waals surface area contributed by atoms with Gasteiger partial charge in [0.15, 0.2) is 10.8 Å². The Morgan fingerprint density at radius 1 is 1.17 bits per heavy atom. The van der Waals surface area contributed by atoms with Crippen LogP contribution >= 0.6 is 11.3 Å². The zero-order chi connectivity index (χ0) is 20.0. The van der Waals surface area contributed by atoms with Crippen LogP contribution in [0, 0.1) is 5.82 Å². The van der Waals surface area contributed by atoms with Gasteiger partial charge in [0, 0.05) is 17.8 Å². The van der Waals surface area contributed by atoms with Gasteiger partial charge < -0.3 is 0 Å². The van der Waals surface area contributed by atoms with Crippen LogP contribution in [0.1, 0.15) is 35.1 Å². The Morgan fingerprint density at radius 3 is 2.72 bits per heavy atom. The van der Waals surface area contributed by atoms with Gasteiger partial charge in [-0.15, -0.1) is 0 Å². The minimum absolute atomic E-state index is 0.134. The lowest BCUT2D eigenvalue weighted by Crippen LogP contribution is -2.31. The summed E-state index contributed by atoms with van der Waals surface area (Å²) in [5.41, 5.74) is 4.18. The van der Waals surface area contributed by atoms with Crippen LogP contribution in [0.25, 0.3) is 15.9 Å². The van der Waals surface area contributed by atoms with Crippen molar-refractivity contribution in [3.8, 4) is 5.69 Å². The predicted molar refractivity (Wildman–Crippen MR) is 113 cm³/mol. The number of aromatic nitrogens is 3. The van der Waals surface area contributed by atoms with Crippen molar-refractivity contribution in [1.29, 1.82) is 0 Å². The number of hydrogen-bond acceptors (Lipinski definition) is 4. The quantitative estimate of drug-likeness (QED) is 0.490. The fraction of sp³-hybridized carbons (Fsp3) is 0.227. The maximum Gasteiger partial charge on any atom is 0.280 e. The second-order valence-corrected chi connectivity index (χ2v) is 8.04. The molecule has 0 aliphatic heterocycles. The molecular weight excluding hydrogens is 387 g/mol. The standard InChI is InChI=1S/C22H19FN4OS/c1-2-26(22-24-17-7-3-4-9-19(17)29-22)21(28)20-16-6-5-8-18(16)27(25-20)15-12-10-14(23)11-13-15/h3-4,7,9-13H,2,5-6,8H2,1H3. The number of fused-ring (bicyclic) bond motifs is 2. The lowest BCUT2D eigenvalue weighted by molar-refractivity contribution is 0.0982. The number of carbonyl (C=O) groups excluding carboxylic acids is 1. The number of benzene rings is 2. The lowest BCUT2D eigenvalue weighted by Gasteiger charge is -2.16. The molecule has 1 amide bonds. The maximum atomic E-state index is 13.5. The van der Waals surface area contributed by atoms with Gasteiger partial charge in [-0.2, -0.15) is 5.10 Å². The molecule has 0 fully saturated rings. The van der Waals surface area contributed by atoms with Gasteiger partial charge in [0.05, 0.1) is 15.9 Å². The summed E-state index contributed by atoms with van der Waals surface area (Å²) in [6.45, 7) is 2.46. The highest BCUT2D eigenvalue weighted by molar-refractivity contribution is 7.22. The smallest absolute Gasteiger partial charge is 0.280 e. The van der Waals surface area contributed by atoms with Crippen LogP contribution in [-0.2, 0) is 12.8 Å². The van der Waals surface area contributed by atoms with E-state index in [2.05, 4.69) is 10.1 Å². The van der Waals surface area contributed by atoms with Gasteiger partial charge in [-0.05, 0) is 62.6 Å². The molecule has 0 radical (unpaired) electrons. The Labute approximate surface area is 171 Å². The average Bonchev–Trinajstić information content (AvgIpc) is 3.44. The molecule has 0 N–H and O–H groups in total. The molecule has 4 aromatic rings. The number of nitrogens with zero attached hydrogens (tertiary/aromatic N) is 4. The normalized spacial score (nSPS) is 13.0.